The predicted molar refractivity (Wildman–Crippen MR) is 107 cm³/mol. The van der Waals surface area contributed by atoms with E-state index in [9.17, 15) is 4.79 Å². The average molecular weight is 345 g/mol. The molecule has 2 N–H and O–H groups in total. The summed E-state index contributed by atoms with van der Waals surface area (Å²) >= 11 is 0. The molecule has 0 saturated heterocycles. The first kappa shape index (κ1) is 21.4. The summed E-state index contributed by atoms with van der Waals surface area (Å²) in [5.74, 6) is 0.105. The zero-order valence-corrected chi connectivity index (χ0v) is 15.9. The number of hydrogen-bond donors (Lipinski definition) is 2. The van der Waals surface area contributed by atoms with Gasteiger partial charge in [-0.25, -0.2) is 0 Å². The highest BCUT2D eigenvalue weighted by atomic mass is 16.1. The van der Waals surface area contributed by atoms with Gasteiger partial charge in [0.15, 0.2) is 0 Å². The van der Waals surface area contributed by atoms with Gasteiger partial charge < -0.3 is 5.32 Å². The van der Waals surface area contributed by atoms with E-state index in [1.165, 1.54) is 50.5 Å². The fraction of sp³-hybridized carbons (Fsp3) is 0.591. The van der Waals surface area contributed by atoms with E-state index in [0.717, 1.165) is 19.4 Å². The first-order valence-electron chi connectivity index (χ1n) is 9.95. The van der Waals surface area contributed by atoms with E-state index < -0.39 is 0 Å². The molecule has 0 saturated carbocycles. The number of hydrogen-bond acceptors (Lipinski definition) is 2. The lowest BCUT2D eigenvalue weighted by atomic mass is 10.1. The number of amides is 1. The monoisotopic (exact) mass is 344 g/mol. The third-order valence-electron chi connectivity index (χ3n) is 4.43. The molecule has 0 spiro atoms. The number of carbonyl (C=O) groups excluding carboxylic acids is 1. The molecule has 1 amide bonds. The molecule has 25 heavy (non-hydrogen) atoms. The van der Waals surface area contributed by atoms with Crippen LogP contribution in [0.3, 0.4) is 0 Å². The van der Waals surface area contributed by atoms with Gasteiger partial charge in [-0.05, 0) is 12.0 Å². The van der Waals surface area contributed by atoms with Crippen LogP contribution >= 0.6 is 0 Å². The van der Waals surface area contributed by atoms with Crippen LogP contribution in [0, 0.1) is 0 Å². The molecule has 0 aliphatic heterocycles. The van der Waals surface area contributed by atoms with Crippen LogP contribution in [0.4, 0.5) is 0 Å². The van der Waals surface area contributed by atoms with Gasteiger partial charge in [-0.15, -0.1) is 0 Å². The fourth-order valence-electron chi connectivity index (χ4n) is 2.86. The topological polar surface area (TPSA) is 41.1 Å². The second kappa shape index (κ2) is 14.7. The van der Waals surface area contributed by atoms with Gasteiger partial charge in [-0.3, -0.25) is 10.1 Å². The van der Waals surface area contributed by atoms with Gasteiger partial charge in [0.05, 0.1) is 6.17 Å². The molecular formula is C22H36N2O. The van der Waals surface area contributed by atoms with Crippen LogP contribution in [0.2, 0.25) is 0 Å². The lowest BCUT2D eigenvalue weighted by Gasteiger charge is -2.16. The Kier molecular flexibility index (Phi) is 12.6. The first-order chi connectivity index (χ1) is 12.3. The Morgan fingerprint density at radius 2 is 1.60 bits per heavy atom. The van der Waals surface area contributed by atoms with Gasteiger partial charge in [0.25, 0.3) is 0 Å². The molecule has 1 rings (SSSR count). The molecule has 140 valence electrons. The Hall–Kier alpha value is -1.61. The first-order valence-corrected chi connectivity index (χ1v) is 9.95. The van der Waals surface area contributed by atoms with E-state index in [0.29, 0.717) is 6.42 Å². The molecule has 3 nitrogen and oxygen atoms in total. The number of nitrogens with one attached hydrogen (secondary N) is 2. The second-order valence-electron chi connectivity index (χ2n) is 6.73. The molecule has 1 aromatic carbocycles. The standard InChI is InChI=1S/C22H36N2O/c1-3-5-6-7-8-9-10-11-15-18-22(25)24-21(4-2)23-19-20-16-13-12-14-17-20/h4,12-14,16-17,21,23H,2-3,5-11,15,18-19H2,1H3,(H,24,25). The minimum absolute atomic E-state index is 0.105. The maximum Gasteiger partial charge on any atom is 0.221 e. The summed E-state index contributed by atoms with van der Waals surface area (Å²) in [6.45, 7) is 6.77. The highest BCUT2D eigenvalue weighted by molar-refractivity contribution is 5.76. The molecule has 3 heteroatoms. The average Bonchev–Trinajstić information content (AvgIpc) is 2.64. The highest BCUT2D eigenvalue weighted by Crippen LogP contribution is 2.10. The maximum atomic E-state index is 12.0. The Bertz CT molecular complexity index is 458. The predicted octanol–water partition coefficient (Wildman–Crippen LogP) is 5.33. The molecule has 1 unspecified atom stereocenters. The summed E-state index contributed by atoms with van der Waals surface area (Å²) in [6.07, 6.45) is 13.6. The van der Waals surface area contributed by atoms with E-state index in [1.54, 1.807) is 6.08 Å². The van der Waals surface area contributed by atoms with Crippen molar-refractivity contribution < 1.29 is 4.79 Å². The molecule has 0 heterocycles. The van der Waals surface area contributed by atoms with Crippen molar-refractivity contribution in [1.82, 2.24) is 10.6 Å². The Morgan fingerprint density at radius 3 is 2.20 bits per heavy atom. The van der Waals surface area contributed by atoms with Crippen molar-refractivity contribution in [2.24, 2.45) is 0 Å². The maximum absolute atomic E-state index is 12.0. The molecule has 0 aliphatic carbocycles. The second-order valence-corrected chi connectivity index (χ2v) is 6.73. The molecule has 0 aliphatic rings. The zero-order valence-electron chi connectivity index (χ0n) is 15.9. The Balaban J connectivity index is 2.04. The lowest BCUT2D eigenvalue weighted by Crippen LogP contribution is -2.43. The van der Waals surface area contributed by atoms with Crippen LogP contribution < -0.4 is 10.6 Å². The van der Waals surface area contributed by atoms with Gasteiger partial charge in [0.2, 0.25) is 5.91 Å². The normalized spacial score (nSPS) is 11.9. The largest absolute Gasteiger partial charge is 0.337 e. The van der Waals surface area contributed by atoms with E-state index in [1.807, 2.05) is 18.2 Å². The van der Waals surface area contributed by atoms with Crippen LogP contribution in [-0.4, -0.2) is 12.1 Å². The van der Waals surface area contributed by atoms with E-state index in [4.69, 9.17) is 0 Å². The molecule has 0 bridgehead atoms. The highest BCUT2D eigenvalue weighted by Gasteiger charge is 2.08. The summed E-state index contributed by atoms with van der Waals surface area (Å²) in [4.78, 5) is 12.0. The Morgan fingerprint density at radius 1 is 1.00 bits per heavy atom. The van der Waals surface area contributed by atoms with Gasteiger partial charge in [0.1, 0.15) is 0 Å². The van der Waals surface area contributed by atoms with Crippen molar-refractivity contribution in [2.75, 3.05) is 0 Å². The number of rotatable bonds is 15. The third-order valence-corrected chi connectivity index (χ3v) is 4.43. The summed E-state index contributed by atoms with van der Waals surface area (Å²) in [5, 5.41) is 6.30. The van der Waals surface area contributed by atoms with Gasteiger partial charge in [-0.1, -0.05) is 101 Å². The van der Waals surface area contributed by atoms with Gasteiger partial charge in [-0.2, -0.15) is 0 Å². The van der Waals surface area contributed by atoms with Crippen LogP contribution in [0.15, 0.2) is 43.0 Å². The van der Waals surface area contributed by atoms with Crippen molar-refractivity contribution in [3.8, 4) is 0 Å². The summed E-state index contributed by atoms with van der Waals surface area (Å²) in [7, 11) is 0. The molecular weight excluding hydrogens is 308 g/mol. The number of carbonyl (C=O) groups is 1. The molecule has 0 fully saturated rings. The molecule has 0 radical (unpaired) electrons. The van der Waals surface area contributed by atoms with Crippen molar-refractivity contribution in [2.45, 2.75) is 83.8 Å². The molecule has 0 aromatic heterocycles. The van der Waals surface area contributed by atoms with Crippen molar-refractivity contribution >= 4 is 5.91 Å². The van der Waals surface area contributed by atoms with Gasteiger partial charge in [0, 0.05) is 13.0 Å². The zero-order chi connectivity index (χ0) is 18.2. The van der Waals surface area contributed by atoms with E-state index in [-0.39, 0.29) is 12.1 Å². The van der Waals surface area contributed by atoms with E-state index in [2.05, 4.69) is 36.3 Å². The Labute approximate surface area is 154 Å². The summed E-state index contributed by atoms with van der Waals surface area (Å²) in [5.41, 5.74) is 1.20. The van der Waals surface area contributed by atoms with Crippen molar-refractivity contribution in [1.29, 1.82) is 0 Å². The summed E-state index contributed by atoms with van der Waals surface area (Å²) < 4.78 is 0. The minimum Gasteiger partial charge on any atom is -0.337 e. The SMILES string of the molecule is C=CC(NCc1ccccc1)NC(=O)CCCCCCCCCCC. The summed E-state index contributed by atoms with van der Waals surface area (Å²) in [6, 6.07) is 10.2. The van der Waals surface area contributed by atoms with Crippen molar-refractivity contribution in [3.63, 3.8) is 0 Å². The lowest BCUT2D eigenvalue weighted by molar-refractivity contribution is -0.121. The van der Waals surface area contributed by atoms with Crippen LogP contribution in [0.5, 0.6) is 0 Å². The fourth-order valence-corrected chi connectivity index (χ4v) is 2.86. The quantitative estimate of drug-likeness (QED) is 0.257. The number of unbranched alkanes of at least 4 members (excludes halogenated alkanes) is 8. The van der Waals surface area contributed by atoms with Crippen LogP contribution in [0.1, 0.15) is 76.7 Å². The third kappa shape index (κ3) is 11.5. The molecule has 1 aromatic rings. The molecule has 1 atom stereocenters. The van der Waals surface area contributed by atoms with Crippen LogP contribution in [-0.2, 0) is 11.3 Å². The van der Waals surface area contributed by atoms with Crippen LogP contribution in [0.25, 0.3) is 0 Å². The van der Waals surface area contributed by atoms with E-state index >= 15 is 0 Å². The van der Waals surface area contributed by atoms with Gasteiger partial charge >= 0.3 is 0 Å². The smallest absolute Gasteiger partial charge is 0.221 e. The number of benzene rings is 1. The van der Waals surface area contributed by atoms with Crippen molar-refractivity contribution in [3.05, 3.63) is 48.6 Å². The minimum atomic E-state index is -0.175.